The first kappa shape index (κ1) is 8.30. The van der Waals surface area contributed by atoms with Crippen LogP contribution < -0.4 is 0 Å². The Morgan fingerprint density at radius 1 is 1.67 bits per heavy atom. The second-order valence-electron chi connectivity index (χ2n) is 2.17. The molecule has 0 rings (SSSR count). The zero-order valence-corrected chi connectivity index (χ0v) is 6.22. The monoisotopic (exact) mass is 122 g/mol. The van der Waals surface area contributed by atoms with Gasteiger partial charge >= 0.3 is 0 Å². The Labute approximate surface area is 58.0 Å². The van der Waals surface area contributed by atoms with Crippen LogP contribution in [0.4, 0.5) is 0 Å². The van der Waals surface area contributed by atoms with Crippen LogP contribution in [0.15, 0.2) is 12.2 Å². The topological polar surface area (TPSA) is 0 Å². The molecule has 1 atom stereocenters. The molecule has 50 valence electrons. The first-order chi connectivity index (χ1) is 4.31. The van der Waals surface area contributed by atoms with Crippen LogP contribution in [0.1, 0.15) is 26.7 Å². The number of terminal acetylenes is 1. The highest BCUT2D eigenvalue weighted by Crippen LogP contribution is 1.96. The van der Waals surface area contributed by atoms with Crippen molar-refractivity contribution in [2.24, 2.45) is 5.92 Å². The highest BCUT2D eigenvalue weighted by Gasteiger charge is 1.84. The first-order valence-corrected chi connectivity index (χ1v) is 3.44. The molecule has 0 saturated carbocycles. The van der Waals surface area contributed by atoms with Gasteiger partial charge in [-0.3, -0.25) is 0 Å². The van der Waals surface area contributed by atoms with E-state index >= 15 is 0 Å². The Morgan fingerprint density at radius 2 is 2.33 bits per heavy atom. The van der Waals surface area contributed by atoms with Gasteiger partial charge in [0, 0.05) is 5.92 Å². The highest BCUT2D eigenvalue weighted by atomic mass is 13.9. The number of allylic oxidation sites excluding steroid dienone is 2. The standard InChI is InChI=1S/C9H14/c1-4-6-7-8-9(3)5-2/h2,7-9H,4,6H2,1,3H3/b8-7+. The average molecular weight is 122 g/mol. The number of unbranched alkanes of at least 4 members (excludes halogenated alkanes) is 1. The molecule has 9 heavy (non-hydrogen) atoms. The second kappa shape index (κ2) is 5.44. The molecule has 0 N–H and O–H groups in total. The predicted molar refractivity (Wildman–Crippen MR) is 42.0 cm³/mol. The van der Waals surface area contributed by atoms with Crippen LogP contribution in [0, 0.1) is 18.3 Å². The zero-order chi connectivity index (χ0) is 7.11. The van der Waals surface area contributed by atoms with Gasteiger partial charge in [-0.1, -0.05) is 31.4 Å². The van der Waals surface area contributed by atoms with Crippen molar-refractivity contribution < 1.29 is 0 Å². The lowest BCUT2D eigenvalue weighted by molar-refractivity contribution is 0.921. The molecule has 0 heteroatoms. The summed E-state index contributed by atoms with van der Waals surface area (Å²) in [6, 6.07) is 0. The van der Waals surface area contributed by atoms with E-state index in [2.05, 4.69) is 25.0 Å². The molecule has 0 fully saturated rings. The van der Waals surface area contributed by atoms with Gasteiger partial charge in [0.1, 0.15) is 0 Å². The van der Waals surface area contributed by atoms with Crippen molar-refractivity contribution in [2.45, 2.75) is 26.7 Å². The summed E-state index contributed by atoms with van der Waals surface area (Å²) in [7, 11) is 0. The van der Waals surface area contributed by atoms with Crippen LogP contribution in [0.2, 0.25) is 0 Å². The van der Waals surface area contributed by atoms with Gasteiger partial charge in [-0.2, -0.15) is 0 Å². The maximum atomic E-state index is 5.15. The van der Waals surface area contributed by atoms with Gasteiger partial charge in [0.25, 0.3) is 0 Å². The molecule has 0 bridgehead atoms. The minimum atomic E-state index is 0.302. The maximum absolute atomic E-state index is 5.15. The third-order valence-electron chi connectivity index (χ3n) is 1.14. The van der Waals surface area contributed by atoms with E-state index in [4.69, 9.17) is 6.42 Å². The summed E-state index contributed by atoms with van der Waals surface area (Å²) in [6.45, 7) is 4.18. The van der Waals surface area contributed by atoms with E-state index in [0.29, 0.717) is 5.92 Å². The summed E-state index contributed by atoms with van der Waals surface area (Å²) in [5, 5.41) is 0. The van der Waals surface area contributed by atoms with Crippen LogP contribution in [0.3, 0.4) is 0 Å². The third kappa shape index (κ3) is 5.17. The molecule has 0 heterocycles. The molecule has 0 aliphatic carbocycles. The minimum Gasteiger partial charge on any atom is -0.119 e. The molecule has 0 saturated heterocycles. The quantitative estimate of drug-likeness (QED) is 0.398. The molecular weight excluding hydrogens is 108 g/mol. The lowest BCUT2D eigenvalue weighted by atomic mass is 10.1. The van der Waals surface area contributed by atoms with Crippen molar-refractivity contribution in [3.05, 3.63) is 12.2 Å². The summed E-state index contributed by atoms with van der Waals surface area (Å²) in [4.78, 5) is 0. The minimum absolute atomic E-state index is 0.302. The highest BCUT2D eigenvalue weighted by molar-refractivity contribution is 5.02. The smallest absolute Gasteiger partial charge is 0.0351 e. The van der Waals surface area contributed by atoms with E-state index in [9.17, 15) is 0 Å². The van der Waals surface area contributed by atoms with E-state index in [-0.39, 0.29) is 0 Å². The van der Waals surface area contributed by atoms with Crippen molar-refractivity contribution in [3.63, 3.8) is 0 Å². The van der Waals surface area contributed by atoms with E-state index in [1.54, 1.807) is 0 Å². The molecular formula is C9H14. The predicted octanol–water partition coefficient (Wildman–Crippen LogP) is 2.61. The summed E-state index contributed by atoms with van der Waals surface area (Å²) >= 11 is 0. The van der Waals surface area contributed by atoms with Gasteiger partial charge in [-0.25, -0.2) is 0 Å². The fourth-order valence-corrected chi connectivity index (χ4v) is 0.523. The Balaban J connectivity index is 3.35. The molecule has 0 aromatic carbocycles. The zero-order valence-electron chi connectivity index (χ0n) is 6.22. The van der Waals surface area contributed by atoms with Crippen molar-refractivity contribution in [2.75, 3.05) is 0 Å². The molecule has 1 unspecified atom stereocenters. The van der Waals surface area contributed by atoms with E-state index in [0.717, 1.165) is 6.42 Å². The molecule has 0 spiro atoms. The molecule has 0 aromatic rings. The van der Waals surface area contributed by atoms with Gasteiger partial charge in [0.15, 0.2) is 0 Å². The summed E-state index contributed by atoms with van der Waals surface area (Å²) < 4.78 is 0. The largest absolute Gasteiger partial charge is 0.119 e. The number of hydrogen-bond donors (Lipinski definition) is 0. The van der Waals surface area contributed by atoms with Crippen LogP contribution in [-0.4, -0.2) is 0 Å². The van der Waals surface area contributed by atoms with Gasteiger partial charge in [0.2, 0.25) is 0 Å². The lowest BCUT2D eigenvalue weighted by Gasteiger charge is -1.90. The summed E-state index contributed by atoms with van der Waals surface area (Å²) in [6.07, 6.45) is 11.7. The number of hydrogen-bond acceptors (Lipinski definition) is 0. The fourth-order valence-electron chi connectivity index (χ4n) is 0.523. The molecule has 0 aliphatic rings. The number of rotatable bonds is 3. The third-order valence-corrected chi connectivity index (χ3v) is 1.14. The van der Waals surface area contributed by atoms with E-state index in [1.807, 2.05) is 6.92 Å². The van der Waals surface area contributed by atoms with Crippen LogP contribution >= 0.6 is 0 Å². The van der Waals surface area contributed by atoms with Crippen LogP contribution in [-0.2, 0) is 0 Å². The lowest BCUT2D eigenvalue weighted by Crippen LogP contribution is -1.80. The van der Waals surface area contributed by atoms with Crippen molar-refractivity contribution in [1.82, 2.24) is 0 Å². The molecule has 0 aliphatic heterocycles. The van der Waals surface area contributed by atoms with Gasteiger partial charge in [-0.15, -0.1) is 6.42 Å². The van der Waals surface area contributed by atoms with Crippen molar-refractivity contribution >= 4 is 0 Å². The first-order valence-electron chi connectivity index (χ1n) is 3.44. The molecule has 0 aromatic heterocycles. The Kier molecular flexibility index (Phi) is 5.01. The Morgan fingerprint density at radius 3 is 2.78 bits per heavy atom. The second-order valence-corrected chi connectivity index (χ2v) is 2.17. The normalized spacial score (nSPS) is 13.4. The van der Waals surface area contributed by atoms with Gasteiger partial charge in [0.05, 0.1) is 0 Å². The molecule has 0 nitrogen and oxygen atoms in total. The Hall–Kier alpha value is -0.700. The summed E-state index contributed by atoms with van der Waals surface area (Å²) in [5.41, 5.74) is 0. The summed E-state index contributed by atoms with van der Waals surface area (Å²) in [5.74, 6) is 2.94. The SMILES string of the molecule is C#CC(C)/C=C/CCC. The Bertz CT molecular complexity index is 114. The maximum Gasteiger partial charge on any atom is 0.0351 e. The van der Waals surface area contributed by atoms with E-state index < -0.39 is 0 Å². The van der Waals surface area contributed by atoms with E-state index in [1.165, 1.54) is 6.42 Å². The van der Waals surface area contributed by atoms with Gasteiger partial charge in [-0.05, 0) is 13.3 Å². The molecule has 0 radical (unpaired) electrons. The van der Waals surface area contributed by atoms with Crippen LogP contribution in [0.5, 0.6) is 0 Å². The van der Waals surface area contributed by atoms with Gasteiger partial charge < -0.3 is 0 Å². The fraction of sp³-hybridized carbons (Fsp3) is 0.556. The average Bonchev–Trinajstić information content (AvgIpc) is 1.89. The molecule has 0 amide bonds. The van der Waals surface area contributed by atoms with Crippen LogP contribution in [0.25, 0.3) is 0 Å². The van der Waals surface area contributed by atoms with Crippen molar-refractivity contribution in [3.8, 4) is 12.3 Å². The van der Waals surface area contributed by atoms with Crippen molar-refractivity contribution in [1.29, 1.82) is 0 Å².